The van der Waals surface area contributed by atoms with E-state index in [-0.39, 0.29) is 11.5 Å². The van der Waals surface area contributed by atoms with Crippen LogP contribution in [0.15, 0.2) is 36.5 Å². The van der Waals surface area contributed by atoms with Gasteiger partial charge in [-0.2, -0.15) is 0 Å². The van der Waals surface area contributed by atoms with Gasteiger partial charge in [0.1, 0.15) is 0 Å². The van der Waals surface area contributed by atoms with E-state index in [4.69, 9.17) is 20.9 Å². The molecule has 3 rings (SSSR count). The smallest absolute Gasteiger partial charge is 0.252 e. The molecule has 38 heavy (non-hydrogen) atoms. The summed E-state index contributed by atoms with van der Waals surface area (Å²) in [6.45, 7) is 11.2. The van der Waals surface area contributed by atoms with Gasteiger partial charge in [0.05, 0.1) is 36.0 Å². The Morgan fingerprint density at radius 2 is 1.74 bits per heavy atom. The number of nitrogens with two attached hydrogens (primary N) is 2. The van der Waals surface area contributed by atoms with Gasteiger partial charge >= 0.3 is 0 Å². The first-order valence-electron chi connectivity index (χ1n) is 13.1. The number of amides is 2. The molecule has 0 spiro atoms. The molecule has 2 amide bonds. The Hall–Kier alpha value is -3.85. The fourth-order valence-corrected chi connectivity index (χ4v) is 4.46. The molecule has 6 N–H and O–H groups in total. The largest absolute Gasteiger partial charge is 0.490 e. The molecule has 0 aliphatic carbocycles. The number of benzene rings is 2. The number of anilines is 2. The van der Waals surface area contributed by atoms with E-state index in [0.717, 1.165) is 16.8 Å². The number of pyridine rings is 1. The van der Waals surface area contributed by atoms with Crippen molar-refractivity contribution in [3.8, 4) is 11.5 Å². The molecule has 1 aromatic heterocycles. The van der Waals surface area contributed by atoms with Gasteiger partial charge in [0.15, 0.2) is 11.5 Å². The van der Waals surface area contributed by atoms with Gasteiger partial charge in [-0.05, 0) is 55.9 Å². The zero-order valence-electron chi connectivity index (χ0n) is 22.9. The van der Waals surface area contributed by atoms with Crippen LogP contribution in [0, 0.1) is 5.92 Å². The number of aromatic nitrogens is 1. The number of carbonyl (C=O) groups excluding carboxylic acids is 2. The first kappa shape index (κ1) is 28.7. The summed E-state index contributed by atoms with van der Waals surface area (Å²) >= 11 is 0. The van der Waals surface area contributed by atoms with E-state index in [1.54, 1.807) is 6.07 Å². The number of rotatable bonds is 13. The minimum Gasteiger partial charge on any atom is -0.490 e. The van der Waals surface area contributed by atoms with E-state index in [1.807, 2.05) is 58.9 Å². The maximum atomic E-state index is 12.5. The zero-order chi connectivity index (χ0) is 27.8. The molecule has 0 unspecified atom stereocenters. The van der Waals surface area contributed by atoms with E-state index in [9.17, 15) is 9.59 Å². The molecule has 2 aromatic carbocycles. The Labute approximate surface area is 224 Å². The van der Waals surface area contributed by atoms with Crippen LogP contribution in [0.2, 0.25) is 0 Å². The molecule has 0 aliphatic heterocycles. The average molecular weight is 522 g/mol. The van der Waals surface area contributed by atoms with Crippen molar-refractivity contribution in [1.29, 1.82) is 0 Å². The minimum atomic E-state index is -0.602. The lowest BCUT2D eigenvalue weighted by atomic mass is 10.0. The maximum Gasteiger partial charge on any atom is 0.252 e. The number of hydrogen-bond acceptors (Lipinski definition) is 7. The van der Waals surface area contributed by atoms with Crippen molar-refractivity contribution < 1.29 is 19.1 Å². The second kappa shape index (κ2) is 13.1. The predicted octanol–water partition coefficient (Wildman–Crippen LogP) is 4.43. The lowest BCUT2D eigenvalue weighted by Crippen LogP contribution is -2.41. The average Bonchev–Trinajstić information content (AvgIpc) is 2.87. The molecule has 1 heterocycles. The third-order valence-electron chi connectivity index (χ3n) is 6.20. The van der Waals surface area contributed by atoms with Gasteiger partial charge in [-0.3, -0.25) is 14.6 Å². The van der Waals surface area contributed by atoms with Gasteiger partial charge in [-0.15, -0.1) is 0 Å². The van der Waals surface area contributed by atoms with E-state index < -0.39 is 11.9 Å². The first-order chi connectivity index (χ1) is 18.2. The topological polar surface area (TPSA) is 142 Å². The highest BCUT2D eigenvalue weighted by Crippen LogP contribution is 2.38. The Morgan fingerprint density at radius 1 is 1.05 bits per heavy atom. The summed E-state index contributed by atoms with van der Waals surface area (Å²) in [6, 6.07) is 8.88. The highest BCUT2D eigenvalue weighted by Gasteiger charge is 2.19. The SMILES string of the molecule is CCOc1cc2ncc(C(N)=O)c(Nc3cccc(CNC(=O)[C@H](N)CC(C)C)c3CC)c2cc1OCC. The van der Waals surface area contributed by atoms with Gasteiger partial charge in [0.25, 0.3) is 5.91 Å². The summed E-state index contributed by atoms with van der Waals surface area (Å²) < 4.78 is 11.6. The molecule has 9 nitrogen and oxygen atoms in total. The lowest BCUT2D eigenvalue weighted by Gasteiger charge is -2.20. The second-order valence-electron chi connectivity index (χ2n) is 9.47. The molecule has 0 saturated carbocycles. The van der Waals surface area contributed by atoms with E-state index in [0.29, 0.717) is 66.6 Å². The predicted molar refractivity (Wildman–Crippen MR) is 151 cm³/mol. The number of carbonyl (C=O) groups is 2. The molecule has 0 saturated heterocycles. The van der Waals surface area contributed by atoms with Crippen molar-refractivity contribution in [2.45, 2.75) is 60.0 Å². The maximum absolute atomic E-state index is 12.5. The molecule has 0 fully saturated rings. The molecule has 0 radical (unpaired) electrons. The molecular formula is C29H39N5O4. The van der Waals surface area contributed by atoms with Crippen molar-refractivity contribution in [2.75, 3.05) is 18.5 Å². The second-order valence-corrected chi connectivity index (χ2v) is 9.47. The summed E-state index contributed by atoms with van der Waals surface area (Å²) in [6.07, 6.45) is 2.78. The number of nitrogens with zero attached hydrogens (tertiary/aromatic N) is 1. The van der Waals surface area contributed by atoms with Gasteiger partial charge < -0.3 is 31.6 Å². The molecule has 0 bridgehead atoms. The Morgan fingerprint density at radius 3 is 2.34 bits per heavy atom. The van der Waals surface area contributed by atoms with Crippen molar-refractivity contribution in [1.82, 2.24) is 10.3 Å². The third kappa shape index (κ3) is 6.72. The van der Waals surface area contributed by atoms with Crippen LogP contribution in [-0.4, -0.2) is 36.1 Å². The molecule has 204 valence electrons. The van der Waals surface area contributed by atoms with Crippen LogP contribution >= 0.6 is 0 Å². The molecular weight excluding hydrogens is 482 g/mol. The molecule has 1 atom stereocenters. The Balaban J connectivity index is 2.03. The van der Waals surface area contributed by atoms with Crippen molar-refractivity contribution in [2.24, 2.45) is 17.4 Å². The first-order valence-corrected chi connectivity index (χ1v) is 13.1. The van der Waals surface area contributed by atoms with Gasteiger partial charge in [0, 0.05) is 29.9 Å². The van der Waals surface area contributed by atoms with E-state index >= 15 is 0 Å². The fourth-order valence-electron chi connectivity index (χ4n) is 4.46. The van der Waals surface area contributed by atoms with Gasteiger partial charge in [-0.25, -0.2) is 0 Å². The van der Waals surface area contributed by atoms with Crippen LogP contribution in [0.4, 0.5) is 11.4 Å². The fraction of sp³-hybridized carbons (Fsp3) is 0.414. The number of ether oxygens (including phenoxy) is 2. The lowest BCUT2D eigenvalue weighted by molar-refractivity contribution is -0.122. The highest BCUT2D eigenvalue weighted by molar-refractivity contribution is 6.08. The van der Waals surface area contributed by atoms with Crippen LogP contribution in [0.3, 0.4) is 0 Å². The standard InChI is InChI=1S/C29H39N5O4/c1-6-19-18(15-33-29(36)22(30)12-17(4)5)10-9-11-23(19)34-27-20-13-25(37-7-2)26(38-8-3)14-24(20)32-16-21(27)28(31)35/h9-11,13-14,16-17,22H,6-8,12,15,30H2,1-5H3,(H2,31,35)(H,32,34)(H,33,36)/t22-/m1/s1. The van der Waals surface area contributed by atoms with Crippen LogP contribution in [-0.2, 0) is 17.8 Å². The zero-order valence-corrected chi connectivity index (χ0v) is 22.9. The summed E-state index contributed by atoms with van der Waals surface area (Å²) in [5, 5.41) is 7.08. The van der Waals surface area contributed by atoms with Crippen LogP contribution < -0.4 is 31.6 Å². The number of hydrogen-bond donors (Lipinski definition) is 4. The summed E-state index contributed by atoms with van der Waals surface area (Å²) in [5.41, 5.74) is 16.0. The molecule has 9 heteroatoms. The summed E-state index contributed by atoms with van der Waals surface area (Å²) in [5.74, 6) is 0.683. The molecule has 0 aliphatic rings. The highest BCUT2D eigenvalue weighted by atomic mass is 16.5. The van der Waals surface area contributed by atoms with E-state index in [1.165, 1.54) is 6.20 Å². The van der Waals surface area contributed by atoms with Crippen LogP contribution in [0.25, 0.3) is 10.9 Å². The Bertz CT molecular complexity index is 1290. The Kier molecular flexibility index (Phi) is 9.90. The summed E-state index contributed by atoms with van der Waals surface area (Å²) in [4.78, 5) is 29.4. The quantitative estimate of drug-likeness (QED) is 0.261. The van der Waals surface area contributed by atoms with Crippen molar-refractivity contribution in [3.05, 3.63) is 53.2 Å². The monoisotopic (exact) mass is 521 g/mol. The molecule has 3 aromatic rings. The van der Waals surface area contributed by atoms with Gasteiger partial charge in [0.2, 0.25) is 5.91 Å². The number of primary amides is 1. The summed E-state index contributed by atoms with van der Waals surface area (Å²) in [7, 11) is 0. The van der Waals surface area contributed by atoms with Crippen molar-refractivity contribution in [3.63, 3.8) is 0 Å². The van der Waals surface area contributed by atoms with Crippen LogP contribution in [0.1, 0.15) is 62.5 Å². The third-order valence-corrected chi connectivity index (χ3v) is 6.20. The van der Waals surface area contributed by atoms with Gasteiger partial charge in [-0.1, -0.05) is 32.9 Å². The minimum absolute atomic E-state index is 0.177. The normalized spacial score (nSPS) is 11.9. The van der Waals surface area contributed by atoms with E-state index in [2.05, 4.69) is 15.6 Å². The van der Waals surface area contributed by atoms with Crippen molar-refractivity contribution >= 4 is 34.1 Å². The number of fused-ring (bicyclic) bond motifs is 1. The van der Waals surface area contributed by atoms with Crippen LogP contribution in [0.5, 0.6) is 11.5 Å². The number of nitrogens with one attached hydrogen (secondary N) is 2.